The lowest BCUT2D eigenvalue weighted by Gasteiger charge is -2.20. The number of anilines is 1. The van der Waals surface area contributed by atoms with Gasteiger partial charge in [-0.3, -0.25) is 9.59 Å². The number of carbonyl (C=O) groups excluding carboxylic acids is 3. The third-order valence-electron chi connectivity index (χ3n) is 3.33. The van der Waals surface area contributed by atoms with Gasteiger partial charge in [-0.05, 0) is 30.2 Å². The molecule has 0 aliphatic rings. The van der Waals surface area contributed by atoms with E-state index in [1.165, 1.54) is 18.5 Å². The summed E-state index contributed by atoms with van der Waals surface area (Å²) in [5.41, 5.74) is 0.307. The van der Waals surface area contributed by atoms with Crippen LogP contribution in [0.25, 0.3) is 0 Å². The zero-order valence-electron chi connectivity index (χ0n) is 14.2. The number of carbonyl (C=O) groups is 3. The molecule has 138 valence electrons. The predicted octanol–water partition coefficient (Wildman–Crippen LogP) is 2.26. The van der Waals surface area contributed by atoms with Crippen LogP contribution in [0.1, 0.15) is 24.4 Å². The molecule has 0 saturated carbocycles. The molecule has 9 heteroatoms. The Labute approximate surface area is 154 Å². The molecule has 0 aromatic carbocycles. The van der Waals surface area contributed by atoms with Crippen LogP contribution in [-0.4, -0.2) is 35.4 Å². The smallest absolute Gasteiger partial charge is 0.329 e. The summed E-state index contributed by atoms with van der Waals surface area (Å²) < 4.78 is 9.98. The normalized spacial score (nSPS) is 11.7. The Hall–Kier alpha value is -2.87. The summed E-state index contributed by atoms with van der Waals surface area (Å²) in [6, 6.07) is 5.28. The molecule has 26 heavy (non-hydrogen) atoms. The second-order valence-electron chi connectivity index (χ2n) is 5.67. The van der Waals surface area contributed by atoms with Crippen LogP contribution in [0.5, 0.6) is 0 Å². The van der Waals surface area contributed by atoms with Crippen LogP contribution < -0.4 is 10.6 Å². The van der Waals surface area contributed by atoms with Crippen molar-refractivity contribution in [3.63, 3.8) is 0 Å². The van der Waals surface area contributed by atoms with Gasteiger partial charge in [-0.25, -0.2) is 9.78 Å². The molecule has 2 aromatic rings. The summed E-state index contributed by atoms with van der Waals surface area (Å²) in [5.74, 6) is -2.03. The van der Waals surface area contributed by atoms with E-state index < -0.39 is 30.4 Å². The minimum absolute atomic E-state index is 0.0763. The molecular weight excluding hydrogens is 362 g/mol. The van der Waals surface area contributed by atoms with Gasteiger partial charge in [0.2, 0.25) is 0 Å². The number of esters is 1. The number of amides is 2. The van der Waals surface area contributed by atoms with Crippen LogP contribution in [0.2, 0.25) is 5.15 Å². The van der Waals surface area contributed by atoms with Crippen LogP contribution in [0.3, 0.4) is 0 Å². The number of rotatable bonds is 7. The summed E-state index contributed by atoms with van der Waals surface area (Å²) in [5, 5.41) is 5.14. The van der Waals surface area contributed by atoms with E-state index in [2.05, 4.69) is 15.6 Å². The summed E-state index contributed by atoms with van der Waals surface area (Å²) in [6.07, 6.45) is 2.83. The molecule has 2 amide bonds. The van der Waals surface area contributed by atoms with Crippen molar-refractivity contribution in [2.24, 2.45) is 5.92 Å². The maximum atomic E-state index is 12.2. The van der Waals surface area contributed by atoms with Crippen LogP contribution in [-0.2, 0) is 14.3 Å². The lowest BCUT2D eigenvalue weighted by molar-refractivity contribution is -0.150. The van der Waals surface area contributed by atoms with Gasteiger partial charge in [0.15, 0.2) is 17.5 Å². The second kappa shape index (κ2) is 9.00. The maximum absolute atomic E-state index is 12.2. The average molecular weight is 380 g/mol. The highest BCUT2D eigenvalue weighted by molar-refractivity contribution is 6.32. The highest BCUT2D eigenvalue weighted by Gasteiger charge is 2.27. The van der Waals surface area contributed by atoms with Crippen molar-refractivity contribution < 1.29 is 23.5 Å². The molecule has 0 spiro atoms. The summed E-state index contributed by atoms with van der Waals surface area (Å²) in [4.78, 5) is 40.0. The molecule has 0 aliphatic heterocycles. The number of hydrogen-bond donors (Lipinski definition) is 2. The Balaban J connectivity index is 1.90. The number of nitrogens with one attached hydrogen (secondary N) is 2. The fraction of sp³-hybridized carbons (Fsp3) is 0.294. The third kappa shape index (κ3) is 5.32. The summed E-state index contributed by atoms with van der Waals surface area (Å²) >= 11 is 5.84. The van der Waals surface area contributed by atoms with Crippen LogP contribution in [0.4, 0.5) is 5.69 Å². The van der Waals surface area contributed by atoms with Gasteiger partial charge in [0.25, 0.3) is 11.8 Å². The van der Waals surface area contributed by atoms with Crippen molar-refractivity contribution in [1.82, 2.24) is 10.3 Å². The molecule has 0 radical (unpaired) electrons. The molecule has 1 atom stereocenters. The van der Waals surface area contributed by atoms with Crippen LogP contribution >= 0.6 is 11.6 Å². The highest BCUT2D eigenvalue weighted by atomic mass is 35.5. The number of furan rings is 1. The van der Waals surface area contributed by atoms with E-state index in [1.54, 1.807) is 32.0 Å². The lowest BCUT2D eigenvalue weighted by Crippen LogP contribution is -2.45. The lowest BCUT2D eigenvalue weighted by atomic mass is 10.0. The Morgan fingerprint density at radius 2 is 2.04 bits per heavy atom. The zero-order valence-corrected chi connectivity index (χ0v) is 14.9. The molecule has 0 fully saturated rings. The van der Waals surface area contributed by atoms with E-state index >= 15 is 0 Å². The average Bonchev–Trinajstić information content (AvgIpc) is 3.14. The van der Waals surface area contributed by atoms with Gasteiger partial charge < -0.3 is 19.8 Å². The maximum Gasteiger partial charge on any atom is 0.329 e. The molecule has 2 heterocycles. The number of aromatic nitrogens is 1. The minimum atomic E-state index is -0.928. The Bertz CT molecular complexity index is 776. The first-order chi connectivity index (χ1) is 12.4. The van der Waals surface area contributed by atoms with Gasteiger partial charge in [0.05, 0.1) is 12.0 Å². The predicted molar refractivity (Wildman–Crippen MR) is 93.6 cm³/mol. The van der Waals surface area contributed by atoms with Crippen LogP contribution in [0, 0.1) is 5.92 Å². The van der Waals surface area contributed by atoms with E-state index in [0.717, 1.165) is 0 Å². The Morgan fingerprint density at radius 3 is 2.65 bits per heavy atom. The fourth-order valence-electron chi connectivity index (χ4n) is 2.01. The van der Waals surface area contributed by atoms with E-state index in [4.69, 9.17) is 20.8 Å². The first-order valence-corrected chi connectivity index (χ1v) is 8.17. The first-order valence-electron chi connectivity index (χ1n) is 7.80. The van der Waals surface area contributed by atoms with Gasteiger partial charge in [-0.2, -0.15) is 0 Å². The molecule has 0 saturated heterocycles. The number of ether oxygens (including phenoxy) is 1. The van der Waals surface area contributed by atoms with Crippen molar-refractivity contribution in [3.8, 4) is 0 Å². The van der Waals surface area contributed by atoms with E-state index in [9.17, 15) is 14.4 Å². The third-order valence-corrected chi connectivity index (χ3v) is 3.63. The van der Waals surface area contributed by atoms with Crippen molar-refractivity contribution in [2.75, 3.05) is 11.9 Å². The van der Waals surface area contributed by atoms with Gasteiger partial charge >= 0.3 is 5.97 Å². The van der Waals surface area contributed by atoms with Crippen molar-refractivity contribution in [2.45, 2.75) is 19.9 Å². The largest absolute Gasteiger partial charge is 0.459 e. The molecule has 0 unspecified atom stereocenters. The summed E-state index contributed by atoms with van der Waals surface area (Å²) in [7, 11) is 0. The Kier molecular flexibility index (Phi) is 6.74. The van der Waals surface area contributed by atoms with Gasteiger partial charge in [0, 0.05) is 6.20 Å². The Morgan fingerprint density at radius 1 is 1.27 bits per heavy atom. The van der Waals surface area contributed by atoms with Gasteiger partial charge in [0.1, 0.15) is 6.04 Å². The van der Waals surface area contributed by atoms with Crippen molar-refractivity contribution >= 4 is 35.1 Å². The molecule has 0 bridgehead atoms. The number of halogens is 1. The molecular formula is C17H18ClN3O5. The molecule has 2 N–H and O–H groups in total. The topological polar surface area (TPSA) is 111 Å². The van der Waals surface area contributed by atoms with Crippen molar-refractivity contribution in [3.05, 3.63) is 47.6 Å². The molecule has 0 aliphatic carbocycles. The highest BCUT2D eigenvalue weighted by Crippen LogP contribution is 2.17. The number of hydrogen-bond acceptors (Lipinski definition) is 6. The first kappa shape index (κ1) is 19.5. The van der Waals surface area contributed by atoms with Crippen LogP contribution in [0.15, 0.2) is 41.1 Å². The SMILES string of the molecule is CC(C)[C@@H](NC(=O)c1ccco1)C(=O)OCC(=O)Nc1cccnc1Cl. The van der Waals surface area contributed by atoms with Crippen molar-refractivity contribution in [1.29, 1.82) is 0 Å². The zero-order chi connectivity index (χ0) is 19.1. The molecule has 8 nitrogen and oxygen atoms in total. The van der Waals surface area contributed by atoms with Gasteiger partial charge in [-0.15, -0.1) is 0 Å². The molecule has 2 rings (SSSR count). The minimum Gasteiger partial charge on any atom is -0.459 e. The van der Waals surface area contributed by atoms with E-state index in [-0.39, 0.29) is 16.8 Å². The summed E-state index contributed by atoms with van der Waals surface area (Å²) in [6.45, 7) is 2.96. The fourth-order valence-corrected chi connectivity index (χ4v) is 2.18. The standard InChI is InChI=1S/C17H18ClN3O5/c1-10(2)14(21-16(23)12-6-4-8-25-12)17(24)26-9-13(22)20-11-5-3-7-19-15(11)18/h3-8,10,14H,9H2,1-2H3,(H,20,22)(H,21,23)/t14-/m1/s1. The number of nitrogens with zero attached hydrogens (tertiary/aromatic N) is 1. The van der Waals surface area contributed by atoms with Gasteiger partial charge in [-0.1, -0.05) is 25.4 Å². The number of pyridine rings is 1. The molecule has 2 aromatic heterocycles. The monoisotopic (exact) mass is 379 g/mol. The second-order valence-corrected chi connectivity index (χ2v) is 6.03. The van der Waals surface area contributed by atoms with E-state index in [1.807, 2.05) is 0 Å². The quantitative estimate of drug-likeness (QED) is 0.564. The van der Waals surface area contributed by atoms with E-state index in [0.29, 0.717) is 5.69 Å².